The lowest BCUT2D eigenvalue weighted by Gasteiger charge is -2.30. The molecule has 34 heavy (non-hydrogen) atoms. The van der Waals surface area contributed by atoms with Crippen molar-refractivity contribution in [3.63, 3.8) is 0 Å². The molecule has 174 valence electrons. The van der Waals surface area contributed by atoms with Crippen molar-refractivity contribution in [2.45, 2.75) is 19.9 Å². The Morgan fingerprint density at radius 1 is 0.971 bits per heavy atom. The Hall–Kier alpha value is -3.77. The molecule has 6 heteroatoms. The van der Waals surface area contributed by atoms with Crippen molar-refractivity contribution >= 4 is 11.0 Å². The Labute approximate surface area is 198 Å². The number of hydrogen-bond donors (Lipinski definition) is 0. The summed E-state index contributed by atoms with van der Waals surface area (Å²) in [5.41, 5.74) is 5.14. The minimum Gasteiger partial charge on any atom is -0.497 e. The Morgan fingerprint density at radius 3 is 2.53 bits per heavy atom. The van der Waals surface area contributed by atoms with Crippen LogP contribution in [0.25, 0.3) is 22.1 Å². The van der Waals surface area contributed by atoms with Crippen molar-refractivity contribution in [3.05, 3.63) is 87.8 Å². The average Bonchev–Trinajstić information content (AvgIpc) is 2.88. The summed E-state index contributed by atoms with van der Waals surface area (Å²) >= 11 is 0. The molecule has 3 aromatic carbocycles. The standard InChI is InChI=1S/C28H27NO5/c1-18-27-21(16-29(17-33-27)12-11-19-5-4-6-23(13-19)32-3)14-25-24(15-26(30)34-28(18)25)20-7-9-22(31-2)10-8-20/h4-10,13-15H,11-12,16-17H2,1-3H3. The Bertz CT molecular complexity index is 1390. The molecular weight excluding hydrogens is 430 g/mol. The maximum atomic E-state index is 12.4. The molecule has 0 aliphatic carbocycles. The first-order valence-corrected chi connectivity index (χ1v) is 11.3. The number of aryl methyl sites for hydroxylation is 1. The summed E-state index contributed by atoms with van der Waals surface area (Å²) in [6.45, 7) is 4.07. The van der Waals surface area contributed by atoms with Gasteiger partial charge in [-0.05, 0) is 60.4 Å². The SMILES string of the molecule is COc1ccc(-c2cc(=O)oc3c(C)c4c(cc23)CN(CCc2cccc(OC)c2)CO4)cc1. The highest BCUT2D eigenvalue weighted by atomic mass is 16.5. The van der Waals surface area contributed by atoms with Gasteiger partial charge in [0.05, 0.1) is 14.2 Å². The minimum absolute atomic E-state index is 0.378. The van der Waals surface area contributed by atoms with Crippen molar-refractivity contribution in [2.24, 2.45) is 0 Å². The van der Waals surface area contributed by atoms with Crippen LogP contribution in [0.2, 0.25) is 0 Å². The van der Waals surface area contributed by atoms with Crippen LogP contribution >= 0.6 is 0 Å². The van der Waals surface area contributed by atoms with E-state index in [9.17, 15) is 4.79 Å². The molecule has 1 aromatic heterocycles. The predicted octanol–water partition coefficient (Wildman–Crippen LogP) is 5.18. The number of benzene rings is 3. The van der Waals surface area contributed by atoms with E-state index < -0.39 is 0 Å². The van der Waals surface area contributed by atoms with E-state index in [0.29, 0.717) is 12.3 Å². The summed E-state index contributed by atoms with van der Waals surface area (Å²) in [6, 6.07) is 19.5. The van der Waals surface area contributed by atoms with E-state index in [1.807, 2.05) is 43.3 Å². The molecule has 0 unspecified atom stereocenters. The molecule has 1 aliphatic heterocycles. The van der Waals surface area contributed by atoms with Crippen molar-refractivity contribution in [1.82, 2.24) is 4.90 Å². The molecule has 0 bridgehead atoms. The molecule has 0 saturated heterocycles. The maximum absolute atomic E-state index is 12.4. The van der Waals surface area contributed by atoms with E-state index in [0.717, 1.165) is 64.4 Å². The zero-order chi connectivity index (χ0) is 23.7. The molecule has 5 rings (SSSR count). The van der Waals surface area contributed by atoms with Crippen LogP contribution in [-0.2, 0) is 13.0 Å². The minimum atomic E-state index is -0.378. The molecule has 0 atom stereocenters. The second-order valence-corrected chi connectivity index (χ2v) is 8.50. The molecule has 0 amide bonds. The van der Waals surface area contributed by atoms with Crippen LogP contribution < -0.4 is 19.8 Å². The zero-order valence-corrected chi connectivity index (χ0v) is 19.6. The molecule has 1 aliphatic rings. The van der Waals surface area contributed by atoms with E-state index in [-0.39, 0.29) is 5.63 Å². The number of ether oxygens (including phenoxy) is 3. The average molecular weight is 458 g/mol. The lowest BCUT2D eigenvalue weighted by molar-refractivity contribution is 0.0959. The monoisotopic (exact) mass is 457 g/mol. The summed E-state index contributed by atoms with van der Waals surface area (Å²) in [7, 11) is 3.32. The number of nitrogens with zero attached hydrogens (tertiary/aromatic N) is 1. The van der Waals surface area contributed by atoms with Gasteiger partial charge < -0.3 is 18.6 Å². The van der Waals surface area contributed by atoms with Gasteiger partial charge in [0.1, 0.15) is 29.6 Å². The fourth-order valence-corrected chi connectivity index (χ4v) is 4.54. The third kappa shape index (κ3) is 4.24. The molecule has 0 radical (unpaired) electrons. The highest BCUT2D eigenvalue weighted by Crippen LogP contribution is 2.38. The van der Waals surface area contributed by atoms with Crippen LogP contribution in [0.15, 0.2) is 69.9 Å². The fraction of sp³-hybridized carbons (Fsp3) is 0.250. The van der Waals surface area contributed by atoms with E-state index in [2.05, 4.69) is 23.1 Å². The van der Waals surface area contributed by atoms with Crippen LogP contribution in [-0.4, -0.2) is 32.4 Å². The second kappa shape index (κ2) is 9.23. The van der Waals surface area contributed by atoms with E-state index in [4.69, 9.17) is 18.6 Å². The maximum Gasteiger partial charge on any atom is 0.336 e. The van der Waals surface area contributed by atoms with Crippen molar-refractivity contribution in [1.29, 1.82) is 0 Å². The first kappa shape index (κ1) is 22.0. The van der Waals surface area contributed by atoms with Gasteiger partial charge in [-0.1, -0.05) is 24.3 Å². The summed E-state index contributed by atoms with van der Waals surface area (Å²) < 4.78 is 22.4. The Balaban J connectivity index is 1.47. The van der Waals surface area contributed by atoms with E-state index in [1.165, 1.54) is 5.56 Å². The predicted molar refractivity (Wildman–Crippen MR) is 132 cm³/mol. The first-order valence-electron chi connectivity index (χ1n) is 11.3. The first-order chi connectivity index (χ1) is 16.6. The third-order valence-corrected chi connectivity index (χ3v) is 6.33. The summed E-state index contributed by atoms with van der Waals surface area (Å²) in [5, 5.41) is 0.902. The third-order valence-electron chi connectivity index (χ3n) is 6.33. The molecule has 0 spiro atoms. The Morgan fingerprint density at radius 2 is 1.76 bits per heavy atom. The molecule has 0 N–H and O–H groups in total. The lowest BCUT2D eigenvalue weighted by Crippen LogP contribution is -2.34. The molecule has 2 heterocycles. The highest BCUT2D eigenvalue weighted by molar-refractivity contribution is 5.96. The van der Waals surface area contributed by atoms with Crippen LogP contribution in [0.5, 0.6) is 17.2 Å². The summed E-state index contributed by atoms with van der Waals surface area (Å²) in [4.78, 5) is 14.7. The van der Waals surface area contributed by atoms with Crippen molar-refractivity contribution < 1.29 is 18.6 Å². The van der Waals surface area contributed by atoms with Crippen LogP contribution in [0.1, 0.15) is 16.7 Å². The smallest absolute Gasteiger partial charge is 0.336 e. The van der Waals surface area contributed by atoms with Gasteiger partial charge >= 0.3 is 5.63 Å². The fourth-order valence-electron chi connectivity index (χ4n) is 4.54. The normalized spacial score (nSPS) is 13.4. The topological polar surface area (TPSA) is 61.1 Å². The van der Waals surface area contributed by atoms with Crippen LogP contribution in [0, 0.1) is 6.92 Å². The van der Waals surface area contributed by atoms with Crippen molar-refractivity contribution in [3.8, 4) is 28.4 Å². The van der Waals surface area contributed by atoms with Gasteiger partial charge in [-0.25, -0.2) is 4.79 Å². The van der Waals surface area contributed by atoms with Gasteiger partial charge in [0.15, 0.2) is 0 Å². The van der Waals surface area contributed by atoms with Crippen LogP contribution in [0.4, 0.5) is 0 Å². The molecule has 4 aromatic rings. The van der Waals surface area contributed by atoms with Crippen molar-refractivity contribution in [2.75, 3.05) is 27.5 Å². The molecule has 0 saturated carbocycles. The lowest BCUT2D eigenvalue weighted by atomic mass is 9.96. The number of methoxy groups -OCH3 is 2. The van der Waals surface area contributed by atoms with Gasteiger partial charge in [-0.3, -0.25) is 4.90 Å². The molecule has 6 nitrogen and oxygen atoms in total. The molecular formula is C28H27NO5. The van der Waals surface area contributed by atoms with Gasteiger partial charge in [-0.2, -0.15) is 0 Å². The number of rotatable bonds is 6. The van der Waals surface area contributed by atoms with E-state index in [1.54, 1.807) is 20.3 Å². The second-order valence-electron chi connectivity index (χ2n) is 8.50. The van der Waals surface area contributed by atoms with Crippen LogP contribution in [0.3, 0.4) is 0 Å². The summed E-state index contributed by atoms with van der Waals surface area (Å²) in [6.07, 6.45) is 0.897. The van der Waals surface area contributed by atoms with Gasteiger partial charge in [0.25, 0.3) is 0 Å². The largest absolute Gasteiger partial charge is 0.497 e. The number of fused-ring (bicyclic) bond motifs is 2. The van der Waals surface area contributed by atoms with E-state index >= 15 is 0 Å². The molecule has 0 fully saturated rings. The van der Waals surface area contributed by atoms with Gasteiger partial charge in [0, 0.05) is 35.7 Å². The zero-order valence-electron chi connectivity index (χ0n) is 19.6. The Kier molecular flexibility index (Phi) is 5.99. The quantitative estimate of drug-likeness (QED) is 0.372. The number of hydrogen-bond acceptors (Lipinski definition) is 6. The van der Waals surface area contributed by atoms with Gasteiger partial charge in [0.2, 0.25) is 0 Å². The summed E-state index contributed by atoms with van der Waals surface area (Å²) in [5.74, 6) is 2.44. The highest BCUT2D eigenvalue weighted by Gasteiger charge is 2.23. The van der Waals surface area contributed by atoms with Gasteiger partial charge in [-0.15, -0.1) is 0 Å².